The molecule has 2 unspecified atom stereocenters. The molecule has 20 heavy (non-hydrogen) atoms. The molecule has 2 aliphatic carbocycles. The first-order chi connectivity index (χ1) is 9.74. The number of aliphatic hydroxyl groups excluding tert-OH is 1. The molecule has 2 saturated carbocycles. The van der Waals surface area contributed by atoms with Gasteiger partial charge in [-0.1, -0.05) is 12.8 Å². The Hall–Kier alpha value is -0.120. The van der Waals surface area contributed by atoms with Crippen molar-refractivity contribution >= 4 is 0 Å². The highest BCUT2D eigenvalue weighted by Gasteiger charge is 2.45. The monoisotopic (exact) mass is 278 g/mol. The van der Waals surface area contributed by atoms with Crippen LogP contribution < -0.4 is 5.32 Å². The normalized spacial score (nSPS) is 40.4. The fourth-order valence-corrected chi connectivity index (χ4v) is 5.05. The van der Waals surface area contributed by atoms with Crippen LogP contribution in [-0.2, 0) is 0 Å². The number of nitrogens with one attached hydrogen (secondary N) is 1. The van der Waals surface area contributed by atoms with Gasteiger partial charge < -0.3 is 10.4 Å². The van der Waals surface area contributed by atoms with E-state index in [1.807, 2.05) is 0 Å². The third-order valence-electron chi connectivity index (χ3n) is 6.38. The fraction of sp³-hybridized carbons (Fsp3) is 1.00. The molecule has 4 aliphatic rings. The summed E-state index contributed by atoms with van der Waals surface area (Å²) in [6, 6.07) is 2.21. The van der Waals surface area contributed by atoms with E-state index in [9.17, 15) is 5.11 Å². The van der Waals surface area contributed by atoms with Crippen LogP contribution in [0.5, 0.6) is 0 Å². The highest BCUT2D eigenvalue weighted by molar-refractivity contribution is 5.00. The first kappa shape index (κ1) is 13.5. The largest absolute Gasteiger partial charge is 0.393 e. The first-order valence-electron chi connectivity index (χ1n) is 8.91. The van der Waals surface area contributed by atoms with Crippen molar-refractivity contribution in [2.24, 2.45) is 5.41 Å². The predicted octanol–water partition coefficient (Wildman–Crippen LogP) is 2.29. The molecule has 0 radical (unpaired) electrons. The van der Waals surface area contributed by atoms with Crippen molar-refractivity contribution in [3.05, 3.63) is 0 Å². The predicted molar refractivity (Wildman–Crippen MR) is 80.7 cm³/mol. The molecule has 2 heterocycles. The van der Waals surface area contributed by atoms with E-state index >= 15 is 0 Å². The van der Waals surface area contributed by atoms with Crippen LogP contribution in [0.3, 0.4) is 0 Å². The number of hydrogen-bond acceptors (Lipinski definition) is 3. The van der Waals surface area contributed by atoms with E-state index in [2.05, 4.69) is 10.2 Å². The Kier molecular flexibility index (Phi) is 3.56. The summed E-state index contributed by atoms with van der Waals surface area (Å²) in [6.45, 7) is 2.55. The molecule has 3 nitrogen and oxygen atoms in total. The lowest BCUT2D eigenvalue weighted by molar-refractivity contribution is 0.0102. The van der Waals surface area contributed by atoms with Crippen molar-refractivity contribution in [2.75, 3.05) is 13.1 Å². The molecule has 0 aromatic rings. The van der Waals surface area contributed by atoms with Gasteiger partial charge in [-0.25, -0.2) is 0 Å². The van der Waals surface area contributed by atoms with Crippen LogP contribution in [0.15, 0.2) is 0 Å². The van der Waals surface area contributed by atoms with Gasteiger partial charge in [0.1, 0.15) is 0 Å². The third-order valence-corrected chi connectivity index (χ3v) is 6.38. The molecule has 2 atom stereocenters. The molecule has 4 fully saturated rings. The average molecular weight is 278 g/mol. The summed E-state index contributed by atoms with van der Waals surface area (Å²) in [5.41, 5.74) is 0.547. The Morgan fingerprint density at radius 1 is 1.00 bits per heavy atom. The van der Waals surface area contributed by atoms with Gasteiger partial charge in [-0.05, 0) is 56.8 Å². The summed E-state index contributed by atoms with van der Waals surface area (Å²) >= 11 is 0. The number of aliphatic hydroxyl groups is 1. The average Bonchev–Trinajstić information content (AvgIpc) is 3.11. The lowest BCUT2D eigenvalue weighted by Gasteiger charge is -2.43. The molecular weight excluding hydrogens is 248 g/mol. The quantitative estimate of drug-likeness (QED) is 0.810. The Labute approximate surface area is 123 Å². The minimum atomic E-state index is -0.0205. The van der Waals surface area contributed by atoms with E-state index in [1.54, 1.807) is 0 Å². The summed E-state index contributed by atoms with van der Waals surface area (Å²) in [5.74, 6) is 0. The van der Waals surface area contributed by atoms with E-state index in [1.165, 1.54) is 64.5 Å². The minimum Gasteiger partial charge on any atom is -0.393 e. The maximum absolute atomic E-state index is 9.98. The van der Waals surface area contributed by atoms with Crippen LogP contribution >= 0.6 is 0 Å². The highest BCUT2D eigenvalue weighted by atomic mass is 16.3. The zero-order chi connectivity index (χ0) is 13.6. The number of hydrogen-bond donors (Lipinski definition) is 2. The molecule has 0 spiro atoms. The van der Waals surface area contributed by atoms with Crippen molar-refractivity contribution in [1.82, 2.24) is 10.2 Å². The van der Waals surface area contributed by atoms with Gasteiger partial charge in [0.05, 0.1) is 6.10 Å². The zero-order valence-corrected chi connectivity index (χ0v) is 12.7. The Balaban J connectivity index is 1.42. The minimum absolute atomic E-state index is 0.0205. The van der Waals surface area contributed by atoms with E-state index in [4.69, 9.17) is 0 Å². The van der Waals surface area contributed by atoms with Crippen molar-refractivity contribution in [2.45, 2.75) is 88.4 Å². The molecule has 114 valence electrons. The molecule has 3 heteroatoms. The molecule has 2 bridgehead atoms. The van der Waals surface area contributed by atoms with Crippen molar-refractivity contribution < 1.29 is 5.11 Å². The van der Waals surface area contributed by atoms with E-state index < -0.39 is 0 Å². The highest BCUT2D eigenvalue weighted by Crippen LogP contribution is 2.44. The molecule has 2 N–H and O–H groups in total. The SMILES string of the molecule is OC1CC2CCC(C1)N2CC1(CNC2CC2)CCCC1. The van der Waals surface area contributed by atoms with Gasteiger partial charge in [-0.2, -0.15) is 0 Å². The maximum Gasteiger partial charge on any atom is 0.0570 e. The van der Waals surface area contributed by atoms with Gasteiger partial charge >= 0.3 is 0 Å². The van der Waals surface area contributed by atoms with Crippen LogP contribution in [0, 0.1) is 5.41 Å². The van der Waals surface area contributed by atoms with Crippen molar-refractivity contribution in [1.29, 1.82) is 0 Å². The molecule has 0 aromatic carbocycles. The maximum atomic E-state index is 9.98. The third kappa shape index (κ3) is 2.65. The fourth-order valence-electron chi connectivity index (χ4n) is 5.05. The summed E-state index contributed by atoms with van der Waals surface area (Å²) < 4.78 is 0. The standard InChI is InChI=1S/C17H30N2O/c20-16-9-14-5-6-15(10-16)19(14)12-17(7-1-2-8-17)11-18-13-3-4-13/h13-16,18,20H,1-12H2. The van der Waals surface area contributed by atoms with Crippen LogP contribution in [-0.4, -0.2) is 47.3 Å². The topological polar surface area (TPSA) is 35.5 Å². The molecule has 4 rings (SSSR count). The number of piperidine rings is 1. The second-order valence-corrected chi connectivity index (χ2v) is 8.04. The Morgan fingerprint density at radius 2 is 1.65 bits per heavy atom. The molecule has 2 aliphatic heterocycles. The Morgan fingerprint density at radius 3 is 2.25 bits per heavy atom. The molecule has 0 amide bonds. The van der Waals surface area contributed by atoms with Crippen LogP contribution in [0.4, 0.5) is 0 Å². The summed E-state index contributed by atoms with van der Waals surface area (Å²) in [5, 5.41) is 13.8. The van der Waals surface area contributed by atoms with Crippen molar-refractivity contribution in [3.8, 4) is 0 Å². The van der Waals surface area contributed by atoms with Gasteiger partial charge in [0.25, 0.3) is 0 Å². The summed E-state index contributed by atoms with van der Waals surface area (Å²) in [4.78, 5) is 2.80. The number of rotatable bonds is 5. The van der Waals surface area contributed by atoms with E-state index in [-0.39, 0.29) is 6.10 Å². The number of nitrogens with zero attached hydrogens (tertiary/aromatic N) is 1. The molecule has 2 saturated heterocycles. The number of fused-ring (bicyclic) bond motifs is 2. The molecular formula is C17H30N2O. The second kappa shape index (κ2) is 5.26. The summed E-state index contributed by atoms with van der Waals surface area (Å²) in [7, 11) is 0. The van der Waals surface area contributed by atoms with Gasteiger partial charge in [0.15, 0.2) is 0 Å². The lowest BCUT2D eigenvalue weighted by Crippen LogP contribution is -2.51. The van der Waals surface area contributed by atoms with Crippen LogP contribution in [0.1, 0.15) is 64.2 Å². The van der Waals surface area contributed by atoms with E-state index in [0.717, 1.165) is 18.9 Å². The van der Waals surface area contributed by atoms with E-state index in [0.29, 0.717) is 17.5 Å². The molecule has 0 aromatic heterocycles. The van der Waals surface area contributed by atoms with Gasteiger partial charge in [-0.15, -0.1) is 0 Å². The smallest absolute Gasteiger partial charge is 0.0570 e. The van der Waals surface area contributed by atoms with Crippen LogP contribution in [0.2, 0.25) is 0 Å². The summed E-state index contributed by atoms with van der Waals surface area (Å²) in [6.07, 6.45) is 13.2. The van der Waals surface area contributed by atoms with Gasteiger partial charge in [0, 0.05) is 31.2 Å². The second-order valence-electron chi connectivity index (χ2n) is 8.04. The first-order valence-corrected chi connectivity index (χ1v) is 8.91. The lowest BCUT2D eigenvalue weighted by atomic mass is 9.83. The zero-order valence-electron chi connectivity index (χ0n) is 12.7. The Bertz CT molecular complexity index is 335. The van der Waals surface area contributed by atoms with Crippen LogP contribution in [0.25, 0.3) is 0 Å². The van der Waals surface area contributed by atoms with Gasteiger partial charge in [0.2, 0.25) is 0 Å². The van der Waals surface area contributed by atoms with Crippen molar-refractivity contribution in [3.63, 3.8) is 0 Å². The van der Waals surface area contributed by atoms with Gasteiger partial charge in [-0.3, -0.25) is 4.90 Å².